The zero-order chi connectivity index (χ0) is 19.3. The average molecular weight is 381 g/mol. The molecule has 0 spiro atoms. The molecule has 2 rings (SSSR count). The lowest BCUT2D eigenvalue weighted by Crippen LogP contribution is -2.40. The van der Waals surface area contributed by atoms with E-state index < -0.39 is 31.0 Å². The number of amides is 1. The van der Waals surface area contributed by atoms with E-state index in [4.69, 9.17) is 10.2 Å². The van der Waals surface area contributed by atoms with Crippen molar-refractivity contribution in [3.05, 3.63) is 52.2 Å². The summed E-state index contributed by atoms with van der Waals surface area (Å²) < 4.78 is 15.4. The number of thioether (sulfide) groups is 1. The maximum atomic E-state index is 14.2. The minimum absolute atomic E-state index is 0.0762. The molecule has 0 aliphatic rings. The number of nitrogens with zero attached hydrogens (tertiary/aromatic N) is 1. The highest BCUT2D eigenvalue weighted by Crippen LogP contribution is 2.25. The fourth-order valence-electron chi connectivity index (χ4n) is 2.20. The van der Waals surface area contributed by atoms with E-state index in [2.05, 4.69) is 10.6 Å². The summed E-state index contributed by atoms with van der Waals surface area (Å²) >= 11 is 1.39. The Morgan fingerprint density at radius 3 is 2.54 bits per heavy atom. The molecule has 7 nitrogen and oxygen atoms in total. The molecule has 0 aliphatic heterocycles. The number of rotatable bonds is 7. The third-order valence-corrected chi connectivity index (χ3v) is 4.42. The second kappa shape index (κ2) is 8.84. The fraction of sp³-hybridized carbons (Fsp3) is 0.294. The molecule has 0 atom stereocenters. The van der Waals surface area contributed by atoms with Gasteiger partial charge >= 0.3 is 0 Å². The Kier molecular flexibility index (Phi) is 6.78. The van der Waals surface area contributed by atoms with Crippen LogP contribution in [0.3, 0.4) is 0 Å². The van der Waals surface area contributed by atoms with Crippen LogP contribution in [0, 0.1) is 5.82 Å². The summed E-state index contributed by atoms with van der Waals surface area (Å²) in [5.41, 5.74) is -0.0691. The molecule has 1 aromatic carbocycles. The molecule has 0 saturated carbocycles. The second-order valence-corrected chi connectivity index (χ2v) is 6.44. The van der Waals surface area contributed by atoms with Crippen LogP contribution in [-0.2, 0) is 7.05 Å². The molecule has 2 aromatic rings. The SMILES string of the molecule is CSc1ccc(Nc2cc(=O)n(C)cc2C(=O)NC(CO)CO)c(F)c1. The Labute approximate surface area is 153 Å². The molecule has 0 radical (unpaired) electrons. The van der Waals surface area contributed by atoms with Crippen LogP contribution in [0.1, 0.15) is 10.4 Å². The van der Waals surface area contributed by atoms with Gasteiger partial charge in [0.15, 0.2) is 0 Å². The lowest BCUT2D eigenvalue weighted by molar-refractivity contribution is 0.0879. The summed E-state index contributed by atoms with van der Waals surface area (Å²) in [6.45, 7) is -0.886. The zero-order valence-corrected chi connectivity index (χ0v) is 15.1. The van der Waals surface area contributed by atoms with E-state index in [1.807, 2.05) is 6.26 Å². The molecule has 140 valence electrons. The van der Waals surface area contributed by atoms with E-state index in [0.29, 0.717) is 0 Å². The molecule has 4 N–H and O–H groups in total. The van der Waals surface area contributed by atoms with E-state index in [-0.39, 0.29) is 22.5 Å². The summed E-state index contributed by atoms with van der Waals surface area (Å²) in [6.07, 6.45) is 3.13. The van der Waals surface area contributed by atoms with E-state index in [9.17, 15) is 14.0 Å². The molecular weight excluding hydrogens is 361 g/mol. The first kappa shape index (κ1) is 20.0. The molecule has 1 amide bonds. The molecule has 0 unspecified atom stereocenters. The topological polar surface area (TPSA) is 104 Å². The second-order valence-electron chi connectivity index (χ2n) is 5.56. The van der Waals surface area contributed by atoms with Crippen molar-refractivity contribution >= 4 is 29.0 Å². The van der Waals surface area contributed by atoms with Gasteiger partial charge < -0.3 is 25.4 Å². The number of anilines is 2. The number of halogens is 1. The number of benzene rings is 1. The van der Waals surface area contributed by atoms with Crippen molar-refractivity contribution in [1.82, 2.24) is 9.88 Å². The van der Waals surface area contributed by atoms with Crippen LogP contribution in [0.4, 0.5) is 15.8 Å². The van der Waals surface area contributed by atoms with Crippen LogP contribution < -0.4 is 16.2 Å². The van der Waals surface area contributed by atoms with Crippen molar-refractivity contribution in [2.45, 2.75) is 10.9 Å². The van der Waals surface area contributed by atoms with Crippen molar-refractivity contribution in [2.75, 3.05) is 24.8 Å². The maximum absolute atomic E-state index is 14.2. The van der Waals surface area contributed by atoms with E-state index in [1.165, 1.54) is 47.8 Å². The van der Waals surface area contributed by atoms with Crippen LogP contribution in [0.2, 0.25) is 0 Å². The first-order valence-electron chi connectivity index (χ1n) is 7.73. The van der Waals surface area contributed by atoms with Gasteiger partial charge in [-0.15, -0.1) is 11.8 Å². The number of carbonyl (C=O) groups is 1. The van der Waals surface area contributed by atoms with Gasteiger partial charge in [0.05, 0.1) is 36.2 Å². The smallest absolute Gasteiger partial charge is 0.255 e. The van der Waals surface area contributed by atoms with Gasteiger partial charge in [0.25, 0.3) is 11.5 Å². The van der Waals surface area contributed by atoms with Crippen LogP contribution in [0.15, 0.2) is 40.2 Å². The number of nitrogens with one attached hydrogen (secondary N) is 2. The van der Waals surface area contributed by atoms with Gasteiger partial charge in [0, 0.05) is 24.2 Å². The highest BCUT2D eigenvalue weighted by molar-refractivity contribution is 7.98. The molecule has 26 heavy (non-hydrogen) atoms. The van der Waals surface area contributed by atoms with Gasteiger partial charge in [0.1, 0.15) is 5.82 Å². The normalized spacial score (nSPS) is 10.8. The highest BCUT2D eigenvalue weighted by Gasteiger charge is 2.18. The van der Waals surface area contributed by atoms with Crippen molar-refractivity contribution in [1.29, 1.82) is 0 Å². The van der Waals surface area contributed by atoms with Gasteiger partial charge in [-0.3, -0.25) is 9.59 Å². The van der Waals surface area contributed by atoms with Crippen molar-refractivity contribution < 1.29 is 19.4 Å². The first-order valence-corrected chi connectivity index (χ1v) is 8.96. The molecule has 1 heterocycles. The van der Waals surface area contributed by atoms with Crippen LogP contribution in [0.5, 0.6) is 0 Å². The largest absolute Gasteiger partial charge is 0.394 e. The van der Waals surface area contributed by atoms with E-state index >= 15 is 0 Å². The standard InChI is InChI=1S/C17H20FN3O4S/c1-21-7-12(17(25)19-10(8-22)9-23)15(6-16(21)24)20-14-4-3-11(26-2)5-13(14)18/h3-7,10,20,22-23H,8-9H2,1-2H3,(H,19,25). The average Bonchev–Trinajstić information content (AvgIpc) is 2.63. The number of hydrogen-bond donors (Lipinski definition) is 4. The van der Waals surface area contributed by atoms with Crippen LogP contribution >= 0.6 is 11.8 Å². The predicted molar refractivity (Wildman–Crippen MR) is 98.6 cm³/mol. The third-order valence-electron chi connectivity index (χ3n) is 3.69. The Morgan fingerprint density at radius 1 is 1.27 bits per heavy atom. The molecule has 0 aliphatic carbocycles. The number of hydrogen-bond acceptors (Lipinski definition) is 6. The lowest BCUT2D eigenvalue weighted by atomic mass is 10.2. The fourth-order valence-corrected chi connectivity index (χ4v) is 2.62. The zero-order valence-electron chi connectivity index (χ0n) is 14.3. The van der Waals surface area contributed by atoms with Gasteiger partial charge in [0.2, 0.25) is 0 Å². The van der Waals surface area contributed by atoms with Gasteiger partial charge in [-0.05, 0) is 24.5 Å². The Balaban J connectivity index is 2.40. The van der Waals surface area contributed by atoms with Crippen LogP contribution in [0.25, 0.3) is 0 Å². The minimum Gasteiger partial charge on any atom is -0.394 e. The van der Waals surface area contributed by atoms with Crippen LogP contribution in [-0.4, -0.2) is 46.2 Å². The quantitative estimate of drug-likeness (QED) is 0.535. The summed E-state index contributed by atoms with van der Waals surface area (Å²) in [5.74, 6) is -1.13. The molecule has 1 aromatic heterocycles. The molecular formula is C17H20FN3O4S. The summed E-state index contributed by atoms with van der Waals surface area (Å²) in [7, 11) is 1.48. The van der Waals surface area contributed by atoms with E-state index in [0.717, 1.165) is 4.90 Å². The van der Waals surface area contributed by atoms with Gasteiger partial charge in [-0.25, -0.2) is 4.39 Å². The first-order chi connectivity index (χ1) is 12.4. The molecule has 0 bridgehead atoms. The van der Waals surface area contributed by atoms with E-state index in [1.54, 1.807) is 6.07 Å². The van der Waals surface area contributed by atoms with Gasteiger partial charge in [-0.2, -0.15) is 0 Å². The van der Waals surface area contributed by atoms with Crippen molar-refractivity contribution in [3.8, 4) is 0 Å². The molecule has 0 saturated heterocycles. The summed E-state index contributed by atoms with van der Waals surface area (Å²) in [6, 6.07) is 4.92. The summed E-state index contributed by atoms with van der Waals surface area (Å²) in [4.78, 5) is 25.1. The predicted octanol–water partition coefficient (Wildman–Crippen LogP) is 1.07. The molecule has 9 heteroatoms. The Morgan fingerprint density at radius 2 is 1.96 bits per heavy atom. The third kappa shape index (κ3) is 4.63. The van der Waals surface area contributed by atoms with Crippen molar-refractivity contribution in [2.24, 2.45) is 7.05 Å². The Hall–Kier alpha value is -2.36. The van der Waals surface area contributed by atoms with Gasteiger partial charge in [-0.1, -0.05) is 0 Å². The maximum Gasteiger partial charge on any atom is 0.255 e. The number of pyridine rings is 1. The highest BCUT2D eigenvalue weighted by atomic mass is 32.2. The monoisotopic (exact) mass is 381 g/mol. The lowest BCUT2D eigenvalue weighted by Gasteiger charge is -2.17. The Bertz CT molecular complexity index is 852. The number of aromatic nitrogens is 1. The number of aliphatic hydroxyl groups is 2. The summed E-state index contributed by atoms with van der Waals surface area (Å²) in [5, 5.41) is 23.4. The number of carbonyl (C=O) groups excluding carboxylic acids is 1. The number of aliphatic hydroxyl groups excluding tert-OH is 2. The molecule has 0 fully saturated rings. The van der Waals surface area contributed by atoms with Crippen molar-refractivity contribution in [3.63, 3.8) is 0 Å². The number of aryl methyl sites for hydroxylation is 1. The minimum atomic E-state index is -0.842.